The highest BCUT2D eigenvalue weighted by atomic mass is 16.5. The fourth-order valence-corrected chi connectivity index (χ4v) is 3.36. The third-order valence-electron chi connectivity index (χ3n) is 5.24. The number of nitrogens with zero attached hydrogens (tertiary/aromatic N) is 1. The molecule has 0 spiro atoms. The van der Waals surface area contributed by atoms with Gasteiger partial charge in [-0.3, -0.25) is 0 Å². The number of carboxylic acids is 1. The van der Waals surface area contributed by atoms with Crippen molar-refractivity contribution in [3.8, 4) is 17.2 Å². The van der Waals surface area contributed by atoms with Crippen molar-refractivity contribution in [2.45, 2.75) is 25.0 Å². The second kappa shape index (κ2) is 12.4. The summed E-state index contributed by atoms with van der Waals surface area (Å²) in [5.41, 5.74) is 2.29. The summed E-state index contributed by atoms with van der Waals surface area (Å²) in [5, 5.41) is 21.7. The van der Waals surface area contributed by atoms with Crippen LogP contribution in [0.25, 0.3) is 0 Å². The van der Waals surface area contributed by atoms with Gasteiger partial charge in [0.2, 0.25) is 0 Å². The van der Waals surface area contributed by atoms with Gasteiger partial charge in [-0.25, -0.2) is 4.79 Å². The third kappa shape index (κ3) is 7.05. The molecule has 1 unspecified atom stereocenters. The van der Waals surface area contributed by atoms with E-state index in [4.69, 9.17) is 19.3 Å². The zero-order valence-electron chi connectivity index (χ0n) is 18.8. The van der Waals surface area contributed by atoms with Crippen molar-refractivity contribution in [1.82, 2.24) is 0 Å². The summed E-state index contributed by atoms with van der Waals surface area (Å²) < 4.78 is 16.4. The summed E-state index contributed by atoms with van der Waals surface area (Å²) in [6.07, 6.45) is 0.0869. The van der Waals surface area contributed by atoms with Gasteiger partial charge in [-0.15, -0.1) is 4.91 Å². The smallest absolute Gasteiger partial charge is 0.333 e. The van der Waals surface area contributed by atoms with E-state index in [-0.39, 0.29) is 12.2 Å². The zero-order valence-corrected chi connectivity index (χ0v) is 18.8. The molecule has 8 heteroatoms. The maximum atomic E-state index is 11.4. The van der Waals surface area contributed by atoms with E-state index in [1.165, 1.54) is 19.2 Å². The van der Waals surface area contributed by atoms with Gasteiger partial charge in [0.25, 0.3) is 0 Å². The van der Waals surface area contributed by atoms with Gasteiger partial charge in [0.1, 0.15) is 23.3 Å². The monoisotopic (exact) mass is 465 g/mol. The van der Waals surface area contributed by atoms with Crippen LogP contribution in [0.1, 0.15) is 29.2 Å². The average Bonchev–Trinajstić information content (AvgIpc) is 2.85. The number of hydrogen-bond acceptors (Lipinski definition) is 7. The van der Waals surface area contributed by atoms with Gasteiger partial charge in [-0.1, -0.05) is 41.6 Å². The minimum absolute atomic E-state index is 0.133. The highest BCUT2D eigenvalue weighted by molar-refractivity contribution is 5.72. The molecule has 2 atom stereocenters. The number of aromatic hydroxyl groups is 1. The first-order chi connectivity index (χ1) is 16.5. The Balaban J connectivity index is 1.41. The molecule has 8 nitrogen and oxygen atoms in total. The topological polar surface area (TPSA) is 115 Å². The molecule has 0 aliphatic carbocycles. The maximum Gasteiger partial charge on any atom is 0.333 e. The van der Waals surface area contributed by atoms with Crippen LogP contribution in [0.5, 0.6) is 17.2 Å². The Labute approximate surface area is 197 Å². The normalized spacial score (nSPS) is 12.5. The quantitative estimate of drug-likeness (QED) is 0.277. The Bertz CT molecular complexity index is 1050. The lowest BCUT2D eigenvalue weighted by Crippen LogP contribution is -2.24. The molecular formula is C26H27NO7. The molecule has 3 aromatic rings. The number of aliphatic carboxylic acids is 1. The van der Waals surface area contributed by atoms with Crippen LogP contribution < -0.4 is 9.47 Å². The summed E-state index contributed by atoms with van der Waals surface area (Å²) in [5.74, 6) is 0.512. The molecule has 3 aromatic carbocycles. The number of carbonyl (C=O) groups is 1. The van der Waals surface area contributed by atoms with Crippen LogP contribution in [-0.4, -0.2) is 42.6 Å². The molecule has 0 radical (unpaired) electrons. The number of rotatable bonds is 13. The number of methoxy groups -OCH3 is 1. The van der Waals surface area contributed by atoms with Crippen molar-refractivity contribution >= 4 is 5.97 Å². The van der Waals surface area contributed by atoms with Gasteiger partial charge in [0.05, 0.1) is 13.2 Å². The van der Waals surface area contributed by atoms with Crippen molar-refractivity contribution in [3.63, 3.8) is 0 Å². The van der Waals surface area contributed by atoms with Gasteiger partial charge in [-0.2, -0.15) is 0 Å². The number of benzene rings is 3. The van der Waals surface area contributed by atoms with E-state index in [0.717, 1.165) is 11.1 Å². The molecule has 3 rings (SSSR count). The van der Waals surface area contributed by atoms with Crippen LogP contribution in [0.4, 0.5) is 0 Å². The highest BCUT2D eigenvalue weighted by Crippen LogP contribution is 2.28. The minimum atomic E-state index is -0.991. The molecule has 0 amide bonds. The van der Waals surface area contributed by atoms with E-state index >= 15 is 0 Å². The molecule has 0 bridgehead atoms. The Morgan fingerprint density at radius 1 is 0.853 bits per heavy atom. The Hall–Kier alpha value is -3.91. The Morgan fingerprint density at radius 3 is 1.82 bits per heavy atom. The van der Waals surface area contributed by atoms with E-state index in [0.29, 0.717) is 36.7 Å². The van der Waals surface area contributed by atoms with Crippen LogP contribution in [-0.2, 0) is 16.0 Å². The van der Waals surface area contributed by atoms with Crippen molar-refractivity contribution in [2.75, 3.05) is 20.3 Å². The summed E-state index contributed by atoms with van der Waals surface area (Å²) >= 11 is 0. The van der Waals surface area contributed by atoms with Crippen LogP contribution in [0.3, 0.4) is 0 Å². The second-order valence-electron chi connectivity index (χ2n) is 7.63. The fraction of sp³-hybridized carbons (Fsp3) is 0.269. The van der Waals surface area contributed by atoms with Gasteiger partial charge >= 0.3 is 5.97 Å². The van der Waals surface area contributed by atoms with Crippen molar-refractivity contribution < 1.29 is 29.2 Å². The Kier molecular flexibility index (Phi) is 8.99. The van der Waals surface area contributed by atoms with E-state index in [1.807, 2.05) is 12.1 Å². The zero-order chi connectivity index (χ0) is 24.3. The molecule has 0 saturated heterocycles. The molecule has 34 heavy (non-hydrogen) atoms. The number of phenolic OH excluding ortho intramolecular Hbond substituents is 1. The number of nitroso groups, excluding NO2 is 1. The van der Waals surface area contributed by atoms with E-state index in [9.17, 15) is 14.8 Å². The number of carboxylic acid groups (broad SMARTS) is 1. The standard InChI is InChI=1S/C26H27NO7/c1-32-24(26(29)30)17-18-3-11-22(12-4-18)33-15-2-16-34-23-13-7-20(8-14-23)25(27-31)19-5-9-21(28)10-6-19/h3-14,24-25,28H,2,15-17H2,1H3,(H,29,30)/t24-,25?/m0/s1. The van der Waals surface area contributed by atoms with E-state index in [2.05, 4.69) is 5.18 Å². The van der Waals surface area contributed by atoms with Gasteiger partial charge in [0, 0.05) is 20.0 Å². The summed E-state index contributed by atoms with van der Waals surface area (Å²) in [4.78, 5) is 22.4. The number of ether oxygens (including phenoxy) is 3. The lowest BCUT2D eigenvalue weighted by atomic mass is 9.99. The Morgan fingerprint density at radius 2 is 1.35 bits per heavy atom. The molecule has 0 fully saturated rings. The highest BCUT2D eigenvalue weighted by Gasteiger charge is 2.17. The minimum Gasteiger partial charge on any atom is -0.508 e. The van der Waals surface area contributed by atoms with Crippen LogP contribution in [0.2, 0.25) is 0 Å². The molecule has 178 valence electrons. The van der Waals surface area contributed by atoms with Crippen molar-refractivity contribution in [1.29, 1.82) is 0 Å². The van der Waals surface area contributed by atoms with E-state index in [1.54, 1.807) is 48.5 Å². The predicted molar refractivity (Wildman–Crippen MR) is 126 cm³/mol. The molecule has 0 aliphatic rings. The number of hydrogen-bond donors (Lipinski definition) is 2. The largest absolute Gasteiger partial charge is 0.508 e. The second-order valence-corrected chi connectivity index (χ2v) is 7.63. The lowest BCUT2D eigenvalue weighted by Gasteiger charge is -2.12. The SMILES string of the molecule is CO[C@@H](Cc1ccc(OCCCOc2ccc(C(N=O)c3ccc(O)cc3)cc2)cc1)C(=O)O. The number of phenols is 1. The predicted octanol–water partition coefficient (Wildman–Crippen LogP) is 4.74. The molecule has 2 N–H and O–H groups in total. The molecular weight excluding hydrogens is 438 g/mol. The first-order valence-electron chi connectivity index (χ1n) is 10.8. The van der Waals surface area contributed by atoms with Crippen molar-refractivity contribution in [3.05, 3.63) is 94.4 Å². The summed E-state index contributed by atoms with van der Waals surface area (Å²) in [7, 11) is 1.38. The fourth-order valence-electron chi connectivity index (χ4n) is 3.36. The maximum absolute atomic E-state index is 11.4. The lowest BCUT2D eigenvalue weighted by molar-refractivity contribution is -0.148. The first kappa shape index (κ1) is 24.7. The van der Waals surface area contributed by atoms with Crippen LogP contribution in [0.15, 0.2) is 78.0 Å². The third-order valence-corrected chi connectivity index (χ3v) is 5.24. The van der Waals surface area contributed by atoms with Gasteiger partial charge < -0.3 is 24.4 Å². The average molecular weight is 466 g/mol. The van der Waals surface area contributed by atoms with Gasteiger partial charge in [0.15, 0.2) is 6.10 Å². The summed E-state index contributed by atoms with van der Waals surface area (Å²) in [6, 6.07) is 20.2. The van der Waals surface area contributed by atoms with Crippen molar-refractivity contribution in [2.24, 2.45) is 5.18 Å². The first-order valence-corrected chi connectivity index (χ1v) is 10.8. The molecule has 0 heterocycles. The molecule has 0 aliphatic heterocycles. The summed E-state index contributed by atoms with van der Waals surface area (Å²) in [6.45, 7) is 0.921. The molecule has 0 saturated carbocycles. The van der Waals surface area contributed by atoms with Crippen LogP contribution >= 0.6 is 0 Å². The van der Waals surface area contributed by atoms with Crippen LogP contribution in [0, 0.1) is 4.91 Å². The van der Waals surface area contributed by atoms with Gasteiger partial charge in [-0.05, 0) is 53.1 Å². The molecule has 0 aromatic heterocycles. The van der Waals surface area contributed by atoms with E-state index < -0.39 is 18.1 Å².